The molecule has 0 aliphatic rings. The fourth-order valence-electron chi connectivity index (χ4n) is 6.70. The Balaban J connectivity index is 0.000000151. The molecule has 0 saturated carbocycles. The number of rotatable bonds is 10. The summed E-state index contributed by atoms with van der Waals surface area (Å²) in [6.07, 6.45) is 4.01. The van der Waals surface area contributed by atoms with E-state index < -0.39 is 22.3 Å². The maximum atomic E-state index is 13.1. The van der Waals surface area contributed by atoms with Gasteiger partial charge < -0.3 is 5.73 Å². The van der Waals surface area contributed by atoms with Crippen molar-refractivity contribution >= 4 is 46.3 Å². The van der Waals surface area contributed by atoms with Crippen LogP contribution in [0.4, 0.5) is 26.2 Å². The van der Waals surface area contributed by atoms with Crippen LogP contribution >= 0.6 is 23.2 Å². The molecule has 0 spiro atoms. The van der Waals surface area contributed by atoms with Crippen molar-refractivity contribution in [3.8, 4) is 44.9 Å². The van der Waals surface area contributed by atoms with Gasteiger partial charge in [-0.1, -0.05) is 96.0 Å². The summed E-state index contributed by atoms with van der Waals surface area (Å²) in [7, 11) is 0. The molecule has 336 valence electrons. The topological polar surface area (TPSA) is 259 Å². The number of pyridine rings is 1. The minimum Gasteiger partial charge on any atom is -0.350 e. The summed E-state index contributed by atoms with van der Waals surface area (Å²) in [5.41, 5.74) is 11.3. The second-order valence-corrected chi connectivity index (χ2v) is 15.2. The molecule has 9 rings (SSSR count). The Hall–Kier alpha value is -8.74. The molecule has 0 fully saturated rings. The van der Waals surface area contributed by atoms with Crippen molar-refractivity contribution < 1.29 is 14.1 Å². The molecule has 5 aromatic carbocycles. The van der Waals surface area contributed by atoms with Crippen molar-refractivity contribution in [1.82, 2.24) is 35.2 Å². The van der Waals surface area contributed by atoms with Crippen molar-refractivity contribution in [2.45, 2.75) is 12.8 Å². The van der Waals surface area contributed by atoms with E-state index in [0.29, 0.717) is 55.6 Å². The minimum absolute atomic E-state index is 0.0112. The van der Waals surface area contributed by atoms with Crippen molar-refractivity contribution in [3.05, 3.63) is 220 Å². The van der Waals surface area contributed by atoms with Gasteiger partial charge in [-0.05, 0) is 78.6 Å². The van der Waals surface area contributed by atoms with Crippen LogP contribution in [0.25, 0.3) is 44.9 Å². The standard InChI is InChI=1S/C17H14ClN3O3.C15H10ClFN6O2.C15H12N2O/c18-13-3-1-2-11(10-13)4-9-15-16(19-20-17(15)22)12-5-7-14(8-6-12)21(23)24;16-9-5-11(7-19-6-9)20-21-13-12(8-1-3-10(17)4-2-8)22-23(14(13)24)15(18)25;18-15-13(11-7-3-1-4-8-11)14(16-17-15)12-9-5-2-6-10-12/h1-3,5-8,10H,4,9H2,(H2,19,20,22);1-7,22H,(H2,18,25);1-10H,(H2,16,17,18). The summed E-state index contributed by atoms with van der Waals surface area (Å²) in [5, 5.41) is 33.1. The van der Waals surface area contributed by atoms with E-state index in [4.69, 9.17) is 28.9 Å². The summed E-state index contributed by atoms with van der Waals surface area (Å²) < 4.78 is 13.7. The highest BCUT2D eigenvalue weighted by atomic mass is 35.5. The van der Waals surface area contributed by atoms with E-state index in [1.54, 1.807) is 18.2 Å². The normalized spacial score (nSPS) is 10.8. The lowest BCUT2D eigenvalue weighted by molar-refractivity contribution is -0.384. The number of benzene rings is 5. The van der Waals surface area contributed by atoms with E-state index in [9.17, 15) is 33.7 Å². The molecule has 7 N–H and O–H groups in total. The van der Waals surface area contributed by atoms with E-state index in [0.717, 1.165) is 27.9 Å². The highest BCUT2D eigenvalue weighted by Crippen LogP contribution is 2.29. The van der Waals surface area contributed by atoms with Gasteiger partial charge in [-0.2, -0.15) is 4.68 Å². The molecule has 0 aliphatic carbocycles. The molecule has 4 heterocycles. The number of amides is 1. The molecule has 0 aliphatic heterocycles. The SMILES string of the molecule is NC(=O)n1[nH]c(-c2ccc(F)cc2)c(N=Nc2cncc(Cl)c2)c1=O.O=c1[nH][nH]c(-c2ccc([N+](=O)[O-])cc2)c1CCc1cccc(Cl)c1.O=c1[nH][nH]c(-c2ccccc2)c1-c1ccccc1. The molecular formula is C47H36Cl2FN11O6. The summed E-state index contributed by atoms with van der Waals surface area (Å²) in [4.78, 5) is 61.8. The zero-order valence-electron chi connectivity index (χ0n) is 34.7. The first-order valence-electron chi connectivity index (χ1n) is 20.0. The van der Waals surface area contributed by atoms with Gasteiger partial charge in [0.1, 0.15) is 11.5 Å². The number of H-pyrrole nitrogens is 5. The van der Waals surface area contributed by atoms with Crippen molar-refractivity contribution in [2.75, 3.05) is 0 Å². The second-order valence-electron chi connectivity index (χ2n) is 14.3. The van der Waals surface area contributed by atoms with Gasteiger partial charge in [-0.25, -0.2) is 9.18 Å². The van der Waals surface area contributed by atoms with Gasteiger partial charge in [-0.15, -0.1) is 10.2 Å². The Bertz CT molecular complexity index is 3360. The molecular weight excluding hydrogens is 904 g/mol. The Labute approximate surface area is 387 Å². The van der Waals surface area contributed by atoms with Crippen LogP contribution in [-0.4, -0.2) is 46.1 Å². The minimum atomic E-state index is -1.01. The fourth-order valence-corrected chi connectivity index (χ4v) is 7.08. The lowest BCUT2D eigenvalue weighted by Crippen LogP contribution is -2.29. The van der Waals surface area contributed by atoms with E-state index in [1.165, 1.54) is 54.9 Å². The molecule has 0 bridgehead atoms. The van der Waals surface area contributed by atoms with E-state index >= 15 is 0 Å². The van der Waals surface area contributed by atoms with Crippen molar-refractivity contribution in [1.29, 1.82) is 0 Å². The van der Waals surface area contributed by atoms with Gasteiger partial charge in [-0.3, -0.25) is 55.0 Å². The number of hydrogen-bond acceptors (Lipinski definition) is 9. The lowest BCUT2D eigenvalue weighted by atomic mass is 10.0. The highest BCUT2D eigenvalue weighted by molar-refractivity contribution is 6.30. The number of carbonyl (C=O) groups is 1. The van der Waals surface area contributed by atoms with Crippen LogP contribution in [0.5, 0.6) is 0 Å². The van der Waals surface area contributed by atoms with Gasteiger partial charge in [0.05, 0.1) is 38.8 Å². The number of nitro benzene ring substituents is 1. The van der Waals surface area contributed by atoms with Crippen LogP contribution in [0.3, 0.4) is 0 Å². The number of azo groups is 1. The van der Waals surface area contributed by atoms with Crippen LogP contribution in [-0.2, 0) is 12.8 Å². The molecule has 1 amide bonds. The zero-order valence-corrected chi connectivity index (χ0v) is 36.3. The number of nitrogens with two attached hydrogens (primary N) is 1. The number of primary amides is 1. The molecule has 20 heteroatoms. The third kappa shape index (κ3) is 11.5. The molecule has 0 radical (unpaired) electrons. The molecule has 0 atom stereocenters. The number of nitrogens with one attached hydrogen (secondary N) is 5. The van der Waals surface area contributed by atoms with Crippen molar-refractivity contribution in [3.63, 3.8) is 0 Å². The third-order valence-corrected chi connectivity index (χ3v) is 10.3. The van der Waals surface area contributed by atoms with Gasteiger partial charge in [0.25, 0.3) is 16.8 Å². The third-order valence-electron chi connectivity index (χ3n) is 9.87. The van der Waals surface area contributed by atoms with Crippen LogP contribution in [0.1, 0.15) is 11.1 Å². The Morgan fingerprint density at radius 3 is 1.93 bits per heavy atom. The number of halogens is 3. The molecule has 17 nitrogen and oxygen atoms in total. The van der Waals surface area contributed by atoms with Gasteiger partial charge in [0, 0.05) is 45.6 Å². The van der Waals surface area contributed by atoms with E-state index in [1.807, 2.05) is 78.9 Å². The number of hydrogen-bond donors (Lipinski definition) is 6. The first-order chi connectivity index (χ1) is 32.4. The predicted octanol–water partition coefficient (Wildman–Crippen LogP) is 10.1. The maximum absolute atomic E-state index is 13.1. The molecule has 9 aromatic rings. The van der Waals surface area contributed by atoms with Crippen LogP contribution in [0.15, 0.2) is 177 Å². The monoisotopic (exact) mass is 939 g/mol. The first-order valence-corrected chi connectivity index (χ1v) is 20.7. The second kappa shape index (κ2) is 21.3. The van der Waals surface area contributed by atoms with Gasteiger partial charge >= 0.3 is 11.6 Å². The number of non-ortho nitro benzene ring substituents is 1. The van der Waals surface area contributed by atoms with E-state index in [2.05, 4.69) is 40.7 Å². The highest BCUT2D eigenvalue weighted by Gasteiger charge is 2.19. The Kier molecular flexibility index (Phi) is 14.7. The summed E-state index contributed by atoms with van der Waals surface area (Å²) in [5.74, 6) is -0.450. The number of aromatic amines is 5. The van der Waals surface area contributed by atoms with Crippen LogP contribution in [0, 0.1) is 15.9 Å². The number of aryl methyl sites for hydroxylation is 1. The van der Waals surface area contributed by atoms with E-state index in [-0.39, 0.29) is 28.2 Å². The van der Waals surface area contributed by atoms with Gasteiger partial charge in [0.15, 0.2) is 5.69 Å². The smallest absolute Gasteiger partial charge is 0.341 e. The number of carbonyl (C=O) groups excluding carboxylic acids is 1. The summed E-state index contributed by atoms with van der Waals surface area (Å²) >= 11 is 11.8. The molecule has 0 unspecified atom stereocenters. The lowest BCUT2D eigenvalue weighted by Gasteiger charge is -2.04. The molecule has 67 heavy (non-hydrogen) atoms. The largest absolute Gasteiger partial charge is 0.350 e. The summed E-state index contributed by atoms with van der Waals surface area (Å²) in [6, 6.07) is 38.8. The molecule has 0 saturated heterocycles. The quantitative estimate of drug-likeness (QED) is 0.0439. The first kappa shape index (κ1) is 46.3. The average Bonchev–Trinajstić information content (AvgIpc) is 4.02. The zero-order chi connectivity index (χ0) is 47.5. The van der Waals surface area contributed by atoms with Crippen LogP contribution in [0.2, 0.25) is 10.0 Å². The Morgan fingerprint density at radius 2 is 1.28 bits per heavy atom. The Morgan fingerprint density at radius 1 is 0.672 bits per heavy atom. The number of aromatic nitrogens is 7. The average molecular weight is 941 g/mol. The van der Waals surface area contributed by atoms with Crippen LogP contribution < -0.4 is 22.4 Å². The predicted molar refractivity (Wildman–Crippen MR) is 254 cm³/mol. The van der Waals surface area contributed by atoms with Crippen molar-refractivity contribution in [2.24, 2.45) is 16.0 Å². The number of nitrogens with zero attached hydrogens (tertiary/aromatic N) is 5. The van der Waals surface area contributed by atoms with Gasteiger partial charge in [0.2, 0.25) is 0 Å². The maximum Gasteiger partial charge on any atom is 0.341 e. The molecule has 4 aromatic heterocycles. The summed E-state index contributed by atoms with van der Waals surface area (Å²) in [6.45, 7) is 0. The fraction of sp³-hybridized carbons (Fsp3) is 0.0426. The number of nitro groups is 1.